The van der Waals surface area contributed by atoms with Gasteiger partial charge in [0.15, 0.2) is 0 Å². The highest BCUT2D eigenvalue weighted by Gasteiger charge is 2.36. The summed E-state index contributed by atoms with van der Waals surface area (Å²) < 4.78 is 5.27. The van der Waals surface area contributed by atoms with Crippen molar-refractivity contribution in [1.82, 2.24) is 10.2 Å². The molecule has 2 N–H and O–H groups in total. The Hall–Kier alpha value is -3.87. The molecular weight excluding hydrogens is 418 g/mol. The zero-order valence-electron chi connectivity index (χ0n) is 19.1. The molecule has 0 fully saturated rings. The summed E-state index contributed by atoms with van der Waals surface area (Å²) in [6.07, 6.45) is 3.97. The Morgan fingerprint density at radius 1 is 1.09 bits per heavy atom. The van der Waals surface area contributed by atoms with Gasteiger partial charge in [-0.3, -0.25) is 9.69 Å². The number of carbonyl (C=O) groups is 3. The molecule has 2 aromatic rings. The number of nitrogens with one attached hydrogen (secondary N) is 2. The van der Waals surface area contributed by atoms with Gasteiger partial charge in [0.05, 0.1) is 18.2 Å². The van der Waals surface area contributed by atoms with Crippen molar-refractivity contribution in [2.24, 2.45) is 0 Å². The van der Waals surface area contributed by atoms with Crippen LogP contribution >= 0.6 is 0 Å². The second kappa shape index (κ2) is 11.1. The molecule has 3 rings (SSSR count). The monoisotopic (exact) mass is 447 g/mol. The summed E-state index contributed by atoms with van der Waals surface area (Å²) in [6, 6.07) is 15.7. The molecule has 1 aliphatic rings. The van der Waals surface area contributed by atoms with Gasteiger partial charge in [0, 0.05) is 24.0 Å². The molecule has 3 amide bonds. The van der Waals surface area contributed by atoms with Gasteiger partial charge < -0.3 is 15.4 Å². The molecule has 1 heterocycles. The van der Waals surface area contributed by atoms with E-state index in [-0.39, 0.29) is 18.5 Å². The highest BCUT2D eigenvalue weighted by Crippen LogP contribution is 2.32. The molecule has 0 aromatic heterocycles. The summed E-state index contributed by atoms with van der Waals surface area (Å²) in [5, 5.41) is 5.73. The molecule has 1 atom stereocenters. The summed E-state index contributed by atoms with van der Waals surface area (Å²) in [4.78, 5) is 39.2. The van der Waals surface area contributed by atoms with E-state index in [0.717, 1.165) is 17.5 Å². The molecule has 2 aromatic carbocycles. The second-order valence-electron chi connectivity index (χ2n) is 7.61. The topological polar surface area (TPSA) is 87.7 Å². The number of hydrogen-bond acceptors (Lipinski definition) is 4. The van der Waals surface area contributed by atoms with E-state index < -0.39 is 12.0 Å². The molecule has 172 valence electrons. The third-order valence-electron chi connectivity index (χ3n) is 5.28. The lowest BCUT2D eigenvalue weighted by Crippen LogP contribution is -2.48. The largest absolute Gasteiger partial charge is 0.463 e. The minimum atomic E-state index is -0.632. The van der Waals surface area contributed by atoms with E-state index in [2.05, 4.69) is 10.6 Å². The number of benzene rings is 2. The fraction of sp³-hybridized carbons (Fsp3) is 0.269. The van der Waals surface area contributed by atoms with Crippen LogP contribution < -0.4 is 10.6 Å². The summed E-state index contributed by atoms with van der Waals surface area (Å²) in [5.41, 5.74) is 3.26. The highest BCUT2D eigenvalue weighted by molar-refractivity contribution is 6.02. The number of rotatable bonds is 8. The Morgan fingerprint density at radius 2 is 1.79 bits per heavy atom. The van der Waals surface area contributed by atoms with Gasteiger partial charge in [0.1, 0.15) is 0 Å². The van der Waals surface area contributed by atoms with Gasteiger partial charge in [-0.05, 0) is 49.6 Å². The summed E-state index contributed by atoms with van der Waals surface area (Å²) in [7, 11) is 0. The van der Waals surface area contributed by atoms with Crippen molar-refractivity contribution < 1.29 is 19.1 Å². The number of carbonyl (C=O) groups excluding carboxylic acids is 3. The highest BCUT2D eigenvalue weighted by atomic mass is 16.5. The van der Waals surface area contributed by atoms with Gasteiger partial charge >= 0.3 is 12.0 Å². The normalized spacial score (nSPS) is 16.0. The van der Waals surface area contributed by atoms with Crippen LogP contribution in [-0.2, 0) is 14.3 Å². The average Bonchev–Trinajstić information content (AvgIpc) is 2.81. The van der Waals surface area contributed by atoms with Crippen molar-refractivity contribution in [2.45, 2.75) is 33.2 Å². The van der Waals surface area contributed by atoms with Crippen LogP contribution in [0.4, 0.5) is 10.5 Å². The molecule has 7 heteroatoms. The zero-order valence-corrected chi connectivity index (χ0v) is 19.1. The van der Waals surface area contributed by atoms with E-state index in [1.165, 1.54) is 6.08 Å². The number of nitrogens with zero attached hydrogens (tertiary/aromatic N) is 1. The molecule has 1 aliphatic heterocycles. The van der Waals surface area contributed by atoms with Crippen molar-refractivity contribution in [3.8, 4) is 0 Å². The maximum atomic E-state index is 12.7. The van der Waals surface area contributed by atoms with E-state index in [0.29, 0.717) is 23.5 Å². The number of allylic oxidation sites excluding steroid dienone is 1. The smallest absolute Gasteiger partial charge is 0.338 e. The van der Waals surface area contributed by atoms with E-state index in [1.54, 1.807) is 49.1 Å². The Morgan fingerprint density at radius 3 is 2.42 bits per heavy atom. The number of anilines is 1. The van der Waals surface area contributed by atoms with Crippen molar-refractivity contribution in [1.29, 1.82) is 0 Å². The Labute approximate surface area is 194 Å². The van der Waals surface area contributed by atoms with Crippen LogP contribution in [0.3, 0.4) is 0 Å². The summed E-state index contributed by atoms with van der Waals surface area (Å²) in [5.74, 6) is -0.708. The van der Waals surface area contributed by atoms with Crippen LogP contribution in [0.15, 0.2) is 71.9 Å². The van der Waals surface area contributed by atoms with Crippen LogP contribution in [0.2, 0.25) is 0 Å². The van der Waals surface area contributed by atoms with Crippen LogP contribution in [0.25, 0.3) is 6.08 Å². The maximum absolute atomic E-state index is 12.7. The van der Waals surface area contributed by atoms with Crippen molar-refractivity contribution >= 4 is 29.7 Å². The first-order valence-electron chi connectivity index (χ1n) is 11.0. The van der Waals surface area contributed by atoms with E-state index in [1.807, 2.05) is 37.3 Å². The minimum Gasteiger partial charge on any atom is -0.463 e. The molecule has 0 saturated heterocycles. The van der Waals surface area contributed by atoms with Gasteiger partial charge in [-0.15, -0.1) is 0 Å². The van der Waals surface area contributed by atoms with E-state index in [9.17, 15) is 14.4 Å². The van der Waals surface area contributed by atoms with Crippen LogP contribution in [-0.4, -0.2) is 36.0 Å². The lowest BCUT2D eigenvalue weighted by Gasteiger charge is -2.35. The minimum absolute atomic E-state index is 0.242. The van der Waals surface area contributed by atoms with Gasteiger partial charge in [-0.1, -0.05) is 49.4 Å². The van der Waals surface area contributed by atoms with Crippen LogP contribution in [0.5, 0.6) is 0 Å². The zero-order chi connectivity index (χ0) is 23.8. The number of urea groups is 1. The Kier molecular flexibility index (Phi) is 8.02. The fourth-order valence-corrected chi connectivity index (χ4v) is 3.68. The molecule has 0 bridgehead atoms. The van der Waals surface area contributed by atoms with Crippen molar-refractivity contribution in [3.05, 3.63) is 83.1 Å². The molecule has 0 radical (unpaired) electrons. The first-order chi connectivity index (χ1) is 15.9. The average molecular weight is 448 g/mol. The summed E-state index contributed by atoms with van der Waals surface area (Å²) >= 11 is 0. The molecular formula is C26H29N3O4. The molecule has 0 spiro atoms. The maximum Gasteiger partial charge on any atom is 0.338 e. The summed E-state index contributed by atoms with van der Waals surface area (Å²) in [6.45, 7) is 6.23. The SMILES string of the molecule is CCCN1C(=O)NC(c2ccc(NC(=O)/C=C/c3ccccc3)cc2)C(C(=O)OCC)=C1C. The third-order valence-corrected chi connectivity index (χ3v) is 5.28. The number of amides is 3. The Balaban J connectivity index is 1.79. The Bertz CT molecular complexity index is 1060. The van der Waals surface area contributed by atoms with E-state index in [4.69, 9.17) is 4.74 Å². The molecule has 1 unspecified atom stereocenters. The predicted octanol–water partition coefficient (Wildman–Crippen LogP) is 4.65. The van der Waals surface area contributed by atoms with Crippen molar-refractivity contribution in [2.75, 3.05) is 18.5 Å². The van der Waals surface area contributed by atoms with Gasteiger partial charge in [-0.2, -0.15) is 0 Å². The van der Waals surface area contributed by atoms with Crippen LogP contribution in [0, 0.1) is 0 Å². The van der Waals surface area contributed by atoms with E-state index >= 15 is 0 Å². The standard InChI is InChI=1S/C26H29N3O4/c1-4-17-29-18(3)23(25(31)33-5-2)24(28-26(29)32)20-12-14-21(15-13-20)27-22(30)16-11-19-9-7-6-8-10-19/h6-16,24H,4-5,17H2,1-3H3,(H,27,30)(H,28,32)/b16-11+. The van der Waals surface area contributed by atoms with Gasteiger partial charge in [-0.25, -0.2) is 9.59 Å². The lowest BCUT2D eigenvalue weighted by molar-refractivity contribution is -0.139. The quantitative estimate of drug-likeness (QED) is 0.455. The lowest BCUT2D eigenvalue weighted by atomic mass is 9.94. The van der Waals surface area contributed by atoms with Crippen LogP contribution in [0.1, 0.15) is 44.4 Å². The molecule has 33 heavy (non-hydrogen) atoms. The molecule has 0 aliphatic carbocycles. The molecule has 0 saturated carbocycles. The first kappa shape index (κ1) is 23.8. The first-order valence-corrected chi connectivity index (χ1v) is 11.0. The number of esters is 1. The van der Waals surface area contributed by atoms with Gasteiger partial charge in [0.25, 0.3) is 0 Å². The van der Waals surface area contributed by atoms with Crippen molar-refractivity contribution in [3.63, 3.8) is 0 Å². The second-order valence-corrected chi connectivity index (χ2v) is 7.61. The number of ether oxygens (including phenoxy) is 1. The fourth-order valence-electron chi connectivity index (χ4n) is 3.68. The predicted molar refractivity (Wildman–Crippen MR) is 128 cm³/mol. The third kappa shape index (κ3) is 5.88. The van der Waals surface area contributed by atoms with Gasteiger partial charge in [0.2, 0.25) is 5.91 Å². The molecule has 7 nitrogen and oxygen atoms in total. The number of hydrogen-bond donors (Lipinski definition) is 2.